The van der Waals surface area contributed by atoms with E-state index >= 15 is 0 Å². The molecule has 0 aliphatic rings. The quantitative estimate of drug-likeness (QED) is 0.624. The maximum Gasteiger partial charge on any atom is 0.407 e. The third-order valence-electron chi connectivity index (χ3n) is 2.64. The second-order valence-electron chi connectivity index (χ2n) is 5.85. The zero-order valence-electron chi connectivity index (χ0n) is 13.2. The molecule has 1 aromatic carbocycles. The number of carbonyl (C=O) groups excluding carboxylic acids is 2. The Labute approximate surface area is 136 Å². The van der Waals surface area contributed by atoms with E-state index < -0.39 is 17.1 Å². The molecule has 2 amide bonds. The summed E-state index contributed by atoms with van der Waals surface area (Å²) in [6.07, 6.45) is 0.141. The van der Waals surface area contributed by atoms with Crippen molar-refractivity contribution in [3.8, 4) is 0 Å². The fraction of sp³-hybridized carbons (Fsp3) is 0.500. The van der Waals surface area contributed by atoms with Crippen molar-refractivity contribution >= 4 is 23.6 Å². The first-order valence-electron chi connectivity index (χ1n) is 7.23. The maximum atomic E-state index is 11.9. The highest BCUT2D eigenvalue weighted by atomic mass is 35.5. The molecule has 2 N–H and O–H groups in total. The summed E-state index contributed by atoms with van der Waals surface area (Å²) in [4.78, 5) is 23.3. The van der Waals surface area contributed by atoms with Crippen LogP contribution in [0.25, 0.3) is 0 Å². The second kappa shape index (κ2) is 8.63. The number of nitrogens with one attached hydrogen (secondary N) is 2. The van der Waals surface area contributed by atoms with Gasteiger partial charge in [-0.1, -0.05) is 30.3 Å². The van der Waals surface area contributed by atoms with Crippen LogP contribution in [0.3, 0.4) is 0 Å². The average molecular weight is 327 g/mol. The van der Waals surface area contributed by atoms with E-state index in [1.807, 2.05) is 18.2 Å². The molecule has 1 atom stereocenters. The van der Waals surface area contributed by atoms with Gasteiger partial charge in [0.1, 0.15) is 11.0 Å². The summed E-state index contributed by atoms with van der Waals surface area (Å²) in [6.45, 7) is 6.27. The summed E-state index contributed by atoms with van der Waals surface area (Å²) in [7, 11) is 0. The number of halogens is 1. The highest BCUT2D eigenvalue weighted by Crippen LogP contribution is 2.19. The van der Waals surface area contributed by atoms with Gasteiger partial charge in [0.2, 0.25) is 5.91 Å². The molecule has 0 saturated carbocycles. The van der Waals surface area contributed by atoms with E-state index in [9.17, 15) is 9.59 Å². The molecule has 0 bridgehead atoms. The minimum absolute atomic E-state index is 0.245. The number of alkyl halides is 1. The molecule has 0 saturated heterocycles. The molecular weight excluding hydrogens is 304 g/mol. The summed E-state index contributed by atoms with van der Waals surface area (Å²) in [6, 6.07) is 9.15. The van der Waals surface area contributed by atoms with Crippen LogP contribution in [0, 0.1) is 0 Å². The average Bonchev–Trinajstić information content (AvgIpc) is 2.45. The summed E-state index contributed by atoms with van der Waals surface area (Å²) >= 11 is 6.09. The molecule has 1 aromatic rings. The third kappa shape index (κ3) is 7.31. The molecule has 0 heterocycles. The Morgan fingerprint density at radius 2 is 1.73 bits per heavy atom. The molecule has 1 rings (SSSR count). The molecule has 0 aromatic heterocycles. The van der Waals surface area contributed by atoms with E-state index in [1.54, 1.807) is 32.9 Å². The van der Waals surface area contributed by atoms with Gasteiger partial charge in [-0.25, -0.2) is 4.79 Å². The van der Waals surface area contributed by atoms with E-state index in [2.05, 4.69) is 10.6 Å². The first-order chi connectivity index (χ1) is 10.3. The molecule has 0 fully saturated rings. The van der Waals surface area contributed by atoms with Gasteiger partial charge in [-0.2, -0.15) is 0 Å². The minimum atomic E-state index is -0.708. The molecule has 1 unspecified atom stereocenters. The third-order valence-corrected chi connectivity index (χ3v) is 3.09. The Bertz CT molecular complexity index is 486. The number of ether oxygens (including phenoxy) is 1. The van der Waals surface area contributed by atoms with Crippen LogP contribution in [-0.4, -0.2) is 30.7 Å². The van der Waals surface area contributed by atoms with Gasteiger partial charge in [-0.15, -0.1) is 11.6 Å². The van der Waals surface area contributed by atoms with Crippen molar-refractivity contribution in [2.24, 2.45) is 0 Å². The van der Waals surface area contributed by atoms with Crippen molar-refractivity contribution in [1.82, 2.24) is 10.6 Å². The van der Waals surface area contributed by atoms with Crippen molar-refractivity contribution < 1.29 is 14.3 Å². The van der Waals surface area contributed by atoms with Crippen molar-refractivity contribution in [1.29, 1.82) is 0 Å². The summed E-state index contributed by atoms with van der Waals surface area (Å²) in [5.41, 5.74) is 0.244. The minimum Gasteiger partial charge on any atom is -0.444 e. The molecule has 22 heavy (non-hydrogen) atoms. The molecule has 0 spiro atoms. The number of amides is 2. The maximum absolute atomic E-state index is 11.9. The number of hydrogen-bond donors (Lipinski definition) is 2. The van der Waals surface area contributed by atoms with Crippen LogP contribution in [0.5, 0.6) is 0 Å². The lowest BCUT2D eigenvalue weighted by Gasteiger charge is -2.19. The topological polar surface area (TPSA) is 67.4 Å². The molecule has 0 aliphatic heterocycles. The Balaban J connectivity index is 2.19. The molecule has 5 nitrogen and oxygen atoms in total. The molecule has 0 radical (unpaired) electrons. The van der Waals surface area contributed by atoms with Gasteiger partial charge in [-0.3, -0.25) is 4.79 Å². The van der Waals surface area contributed by atoms with Crippen LogP contribution in [0.4, 0.5) is 4.79 Å². The van der Waals surface area contributed by atoms with Crippen molar-refractivity contribution in [3.63, 3.8) is 0 Å². The lowest BCUT2D eigenvalue weighted by atomic mass is 10.1. The highest BCUT2D eigenvalue weighted by molar-refractivity contribution is 6.30. The van der Waals surface area contributed by atoms with E-state index in [0.717, 1.165) is 5.56 Å². The number of rotatable bonds is 6. The van der Waals surface area contributed by atoms with Gasteiger partial charge >= 0.3 is 6.09 Å². The van der Waals surface area contributed by atoms with Crippen LogP contribution in [-0.2, 0) is 9.53 Å². The van der Waals surface area contributed by atoms with Crippen LogP contribution in [0.2, 0.25) is 0 Å². The van der Waals surface area contributed by atoms with Crippen LogP contribution >= 0.6 is 11.6 Å². The first kappa shape index (κ1) is 18.3. The summed E-state index contributed by atoms with van der Waals surface area (Å²) < 4.78 is 5.10. The lowest BCUT2D eigenvalue weighted by Crippen LogP contribution is -2.35. The number of hydrogen-bond acceptors (Lipinski definition) is 3. The highest BCUT2D eigenvalue weighted by Gasteiger charge is 2.17. The Morgan fingerprint density at radius 3 is 2.32 bits per heavy atom. The van der Waals surface area contributed by atoms with Crippen LogP contribution in [0.15, 0.2) is 30.3 Å². The number of alkyl carbamates (subject to hydrolysis) is 1. The van der Waals surface area contributed by atoms with Gasteiger partial charge in [0.15, 0.2) is 0 Å². The monoisotopic (exact) mass is 326 g/mol. The zero-order chi connectivity index (χ0) is 16.6. The van der Waals surface area contributed by atoms with E-state index in [1.165, 1.54) is 0 Å². The molecule has 0 aliphatic carbocycles. The first-order valence-corrected chi connectivity index (χ1v) is 7.67. The fourth-order valence-electron chi connectivity index (χ4n) is 1.67. The van der Waals surface area contributed by atoms with Crippen LogP contribution in [0.1, 0.15) is 38.1 Å². The van der Waals surface area contributed by atoms with Gasteiger partial charge in [0, 0.05) is 13.1 Å². The van der Waals surface area contributed by atoms with E-state index in [-0.39, 0.29) is 5.91 Å². The van der Waals surface area contributed by atoms with Crippen LogP contribution < -0.4 is 10.6 Å². The fourth-order valence-corrected chi connectivity index (χ4v) is 1.89. The van der Waals surface area contributed by atoms with Gasteiger partial charge in [0.05, 0.1) is 0 Å². The molecule has 6 heteroatoms. The smallest absolute Gasteiger partial charge is 0.407 e. The number of carbonyl (C=O) groups is 2. The Hall–Kier alpha value is -1.75. The zero-order valence-corrected chi connectivity index (χ0v) is 13.9. The van der Waals surface area contributed by atoms with E-state index in [0.29, 0.717) is 19.5 Å². The predicted molar refractivity (Wildman–Crippen MR) is 86.9 cm³/mol. The van der Waals surface area contributed by atoms with E-state index in [4.69, 9.17) is 16.3 Å². The number of benzene rings is 1. The molecular formula is C16H23ClN2O3. The lowest BCUT2D eigenvalue weighted by molar-refractivity contribution is -0.120. The van der Waals surface area contributed by atoms with Crippen molar-refractivity contribution in [3.05, 3.63) is 35.9 Å². The second-order valence-corrected chi connectivity index (χ2v) is 6.28. The van der Waals surface area contributed by atoms with Gasteiger partial charge < -0.3 is 15.4 Å². The van der Waals surface area contributed by atoms with Crippen molar-refractivity contribution in [2.75, 3.05) is 13.1 Å². The predicted octanol–water partition coefficient (Wildman–Crippen LogP) is 3.00. The molecule has 122 valence electrons. The SMILES string of the molecule is CC(C)(C)OC(=O)NCCCNC(=O)C(Cl)c1ccccc1. The Kier molecular flexibility index (Phi) is 7.18. The summed E-state index contributed by atoms with van der Waals surface area (Å²) in [5, 5.41) is 4.66. The van der Waals surface area contributed by atoms with Gasteiger partial charge in [0.25, 0.3) is 0 Å². The van der Waals surface area contributed by atoms with Gasteiger partial charge in [-0.05, 0) is 32.8 Å². The Morgan fingerprint density at radius 1 is 1.14 bits per heavy atom. The normalized spacial score (nSPS) is 12.4. The standard InChI is InChI=1S/C16H23ClN2O3/c1-16(2,3)22-15(21)19-11-7-10-18-14(20)13(17)12-8-5-4-6-9-12/h4-6,8-9,13H,7,10-11H2,1-3H3,(H,18,20)(H,19,21). The van der Waals surface area contributed by atoms with Crippen molar-refractivity contribution in [2.45, 2.75) is 38.2 Å². The largest absolute Gasteiger partial charge is 0.444 e. The summed E-state index contributed by atoms with van der Waals surface area (Å²) in [5.74, 6) is -0.245.